The molecule has 0 bridgehead atoms. The number of benzene rings is 2. The minimum Gasteiger partial charge on any atom is -0.462 e. The number of fused-ring (bicyclic) bond motifs is 1. The van der Waals surface area contributed by atoms with Gasteiger partial charge < -0.3 is 14.6 Å². The van der Waals surface area contributed by atoms with Crippen molar-refractivity contribution in [3.63, 3.8) is 0 Å². The lowest BCUT2D eigenvalue weighted by atomic mass is 10.2. The molecule has 2 aromatic carbocycles. The van der Waals surface area contributed by atoms with Crippen LogP contribution in [0.5, 0.6) is 0 Å². The third-order valence-corrected chi connectivity index (χ3v) is 5.17. The average molecular weight is 382 g/mol. The summed E-state index contributed by atoms with van der Waals surface area (Å²) in [5.74, 6) is -0.132. The number of nitrogens with zero attached hydrogens (tertiary/aromatic N) is 1. The minimum atomic E-state index is -0.363. The van der Waals surface area contributed by atoms with E-state index in [-0.39, 0.29) is 11.9 Å². The van der Waals surface area contributed by atoms with Crippen LogP contribution in [0.3, 0.4) is 0 Å². The normalized spacial score (nSPS) is 10.7. The molecule has 1 heterocycles. The zero-order chi connectivity index (χ0) is 19.2. The molecule has 0 aliphatic rings. The van der Waals surface area contributed by atoms with E-state index in [1.54, 1.807) is 31.2 Å². The molecular formula is C21H22N2O3S. The molecule has 27 heavy (non-hydrogen) atoms. The molecule has 0 unspecified atom stereocenters. The Balaban J connectivity index is 1.61. The molecular weight excluding hydrogens is 360 g/mol. The number of hydrogen-bond donors (Lipinski definition) is 1. The van der Waals surface area contributed by atoms with Crippen molar-refractivity contribution >= 4 is 40.2 Å². The second-order valence-electron chi connectivity index (χ2n) is 5.93. The first-order valence-electron chi connectivity index (χ1n) is 8.90. The summed E-state index contributed by atoms with van der Waals surface area (Å²) < 4.78 is 7.14. The molecule has 1 N–H and O–H groups in total. The highest BCUT2D eigenvalue weighted by Gasteiger charge is 2.11. The topological polar surface area (TPSA) is 60.3 Å². The van der Waals surface area contributed by atoms with Gasteiger partial charge in [0.05, 0.1) is 17.9 Å². The molecule has 3 aromatic rings. The highest BCUT2D eigenvalue weighted by atomic mass is 32.2. The van der Waals surface area contributed by atoms with Crippen LogP contribution >= 0.6 is 11.8 Å². The fraction of sp³-hybridized carbons (Fsp3) is 0.238. The maximum Gasteiger partial charge on any atom is 0.338 e. The monoisotopic (exact) mass is 382 g/mol. The molecule has 6 heteroatoms. The molecule has 0 saturated heterocycles. The van der Waals surface area contributed by atoms with Gasteiger partial charge in [-0.25, -0.2) is 4.79 Å². The van der Waals surface area contributed by atoms with Crippen molar-refractivity contribution in [2.24, 2.45) is 0 Å². The van der Waals surface area contributed by atoms with Gasteiger partial charge in [0.15, 0.2) is 0 Å². The van der Waals surface area contributed by atoms with E-state index in [9.17, 15) is 9.59 Å². The molecule has 0 aliphatic carbocycles. The molecule has 0 fully saturated rings. The predicted octanol–water partition coefficient (Wildman–Crippen LogP) is 4.57. The number of ether oxygens (including phenoxy) is 1. The summed E-state index contributed by atoms with van der Waals surface area (Å²) >= 11 is 1.52. The van der Waals surface area contributed by atoms with Crippen LogP contribution in [0.4, 0.5) is 5.69 Å². The molecule has 0 radical (unpaired) electrons. The van der Waals surface area contributed by atoms with Gasteiger partial charge in [-0.05, 0) is 44.2 Å². The summed E-state index contributed by atoms with van der Waals surface area (Å²) in [6, 6.07) is 14.9. The third kappa shape index (κ3) is 4.52. The van der Waals surface area contributed by atoms with Crippen molar-refractivity contribution in [1.29, 1.82) is 0 Å². The van der Waals surface area contributed by atoms with Crippen molar-refractivity contribution < 1.29 is 14.3 Å². The van der Waals surface area contributed by atoms with E-state index in [2.05, 4.69) is 35.1 Å². The van der Waals surface area contributed by atoms with Crippen LogP contribution in [-0.2, 0) is 16.1 Å². The molecule has 0 saturated carbocycles. The van der Waals surface area contributed by atoms with Gasteiger partial charge in [0, 0.05) is 34.2 Å². The minimum absolute atomic E-state index is 0.0859. The van der Waals surface area contributed by atoms with E-state index in [0.717, 1.165) is 16.8 Å². The fourth-order valence-corrected chi connectivity index (χ4v) is 3.72. The van der Waals surface area contributed by atoms with Crippen LogP contribution in [0.15, 0.2) is 59.6 Å². The molecule has 1 amide bonds. The van der Waals surface area contributed by atoms with Gasteiger partial charge >= 0.3 is 5.97 Å². The van der Waals surface area contributed by atoms with Gasteiger partial charge in [-0.15, -0.1) is 11.8 Å². The van der Waals surface area contributed by atoms with E-state index < -0.39 is 0 Å². The largest absolute Gasteiger partial charge is 0.462 e. The molecule has 3 rings (SSSR count). The fourth-order valence-electron chi connectivity index (χ4n) is 2.83. The number of anilines is 1. The van der Waals surface area contributed by atoms with Gasteiger partial charge in [0.25, 0.3) is 0 Å². The van der Waals surface area contributed by atoms with Gasteiger partial charge in [-0.1, -0.05) is 18.2 Å². The quantitative estimate of drug-likeness (QED) is 0.480. The molecule has 1 aromatic heterocycles. The Bertz CT molecular complexity index is 948. The number of aryl methyl sites for hydroxylation is 1. The van der Waals surface area contributed by atoms with Gasteiger partial charge in [0.2, 0.25) is 5.91 Å². The smallest absolute Gasteiger partial charge is 0.338 e. The maximum absolute atomic E-state index is 12.3. The standard InChI is InChI=1S/C21H22N2O3S/c1-3-23-13-19(17-7-5-6-8-18(17)23)27-14-20(24)22-16-11-9-15(10-12-16)21(25)26-4-2/h5-13H,3-4,14H2,1-2H3,(H,22,24). The lowest BCUT2D eigenvalue weighted by molar-refractivity contribution is -0.113. The highest BCUT2D eigenvalue weighted by molar-refractivity contribution is 8.00. The number of para-hydroxylation sites is 1. The first-order valence-corrected chi connectivity index (χ1v) is 9.88. The van der Waals surface area contributed by atoms with Gasteiger partial charge in [-0.3, -0.25) is 4.79 Å². The average Bonchev–Trinajstić information content (AvgIpc) is 3.05. The summed E-state index contributed by atoms with van der Waals surface area (Å²) in [5.41, 5.74) is 2.30. The van der Waals surface area contributed by atoms with E-state index in [0.29, 0.717) is 23.6 Å². The highest BCUT2D eigenvalue weighted by Crippen LogP contribution is 2.30. The number of carbonyl (C=O) groups excluding carboxylic acids is 2. The van der Waals surface area contributed by atoms with Crippen molar-refractivity contribution in [2.75, 3.05) is 17.7 Å². The van der Waals surface area contributed by atoms with Crippen LogP contribution in [0, 0.1) is 0 Å². The van der Waals surface area contributed by atoms with Crippen molar-refractivity contribution in [2.45, 2.75) is 25.3 Å². The Morgan fingerprint density at radius 3 is 2.52 bits per heavy atom. The third-order valence-electron chi connectivity index (χ3n) is 4.13. The SMILES string of the molecule is CCOC(=O)c1ccc(NC(=O)CSc2cn(CC)c3ccccc23)cc1. The number of esters is 1. The number of hydrogen-bond acceptors (Lipinski definition) is 4. The summed E-state index contributed by atoms with van der Waals surface area (Å²) in [5, 5.41) is 4.02. The van der Waals surface area contributed by atoms with Crippen LogP contribution in [0.25, 0.3) is 10.9 Å². The number of amides is 1. The second kappa shape index (κ2) is 8.77. The first kappa shape index (κ1) is 19.0. The maximum atomic E-state index is 12.3. The second-order valence-corrected chi connectivity index (χ2v) is 6.95. The zero-order valence-corrected chi connectivity index (χ0v) is 16.2. The number of rotatable bonds is 7. The Morgan fingerprint density at radius 2 is 1.81 bits per heavy atom. The van der Waals surface area contributed by atoms with Gasteiger partial charge in [-0.2, -0.15) is 0 Å². The Labute approximate surface area is 162 Å². The lowest BCUT2D eigenvalue weighted by Crippen LogP contribution is -2.14. The van der Waals surface area contributed by atoms with E-state index in [4.69, 9.17) is 4.74 Å². The Kier molecular flexibility index (Phi) is 6.19. The predicted molar refractivity (Wildman–Crippen MR) is 109 cm³/mol. The van der Waals surface area contributed by atoms with Crippen LogP contribution in [0.2, 0.25) is 0 Å². The van der Waals surface area contributed by atoms with Crippen LogP contribution in [0.1, 0.15) is 24.2 Å². The molecule has 0 spiro atoms. The molecule has 140 valence electrons. The first-order chi connectivity index (χ1) is 13.1. The van der Waals surface area contributed by atoms with Crippen LogP contribution < -0.4 is 5.32 Å². The van der Waals surface area contributed by atoms with Crippen molar-refractivity contribution in [1.82, 2.24) is 4.57 Å². The zero-order valence-electron chi connectivity index (χ0n) is 15.4. The van der Waals surface area contributed by atoms with E-state index >= 15 is 0 Å². The van der Waals surface area contributed by atoms with E-state index in [1.165, 1.54) is 17.3 Å². The van der Waals surface area contributed by atoms with Crippen molar-refractivity contribution in [3.05, 3.63) is 60.3 Å². The lowest BCUT2D eigenvalue weighted by Gasteiger charge is -2.06. The summed E-state index contributed by atoms with van der Waals surface area (Å²) in [7, 11) is 0. The van der Waals surface area contributed by atoms with E-state index in [1.807, 2.05) is 12.1 Å². The molecule has 0 atom stereocenters. The number of carbonyl (C=O) groups is 2. The summed E-state index contributed by atoms with van der Waals surface area (Å²) in [4.78, 5) is 25.0. The number of nitrogens with one attached hydrogen (secondary N) is 1. The Morgan fingerprint density at radius 1 is 1.07 bits per heavy atom. The molecule has 0 aliphatic heterocycles. The number of aromatic nitrogens is 1. The van der Waals surface area contributed by atoms with Crippen molar-refractivity contribution in [3.8, 4) is 0 Å². The Hall–Kier alpha value is -2.73. The van der Waals surface area contributed by atoms with Crippen LogP contribution in [-0.4, -0.2) is 28.8 Å². The summed E-state index contributed by atoms with van der Waals surface area (Å²) in [6.45, 7) is 5.10. The summed E-state index contributed by atoms with van der Waals surface area (Å²) in [6.07, 6.45) is 2.09. The number of thioether (sulfide) groups is 1. The van der Waals surface area contributed by atoms with Gasteiger partial charge in [0.1, 0.15) is 0 Å². The molecule has 5 nitrogen and oxygen atoms in total.